The zero-order chi connectivity index (χ0) is 29.6. The van der Waals surface area contributed by atoms with Gasteiger partial charge in [-0.15, -0.1) is 5.10 Å². The molecule has 0 fully saturated rings. The van der Waals surface area contributed by atoms with Crippen LogP contribution in [0.5, 0.6) is 11.5 Å². The minimum absolute atomic E-state index is 0.0121. The van der Waals surface area contributed by atoms with Gasteiger partial charge < -0.3 is 9.47 Å². The van der Waals surface area contributed by atoms with Crippen molar-refractivity contribution in [1.29, 1.82) is 0 Å². The molecule has 1 aromatic heterocycles. The molecule has 0 unspecified atom stereocenters. The van der Waals surface area contributed by atoms with Crippen LogP contribution in [-0.2, 0) is 16.1 Å². The highest BCUT2D eigenvalue weighted by atomic mass is 16.6. The quantitative estimate of drug-likeness (QED) is 0.136. The van der Waals surface area contributed by atoms with Crippen molar-refractivity contribution in [3.8, 4) is 22.6 Å². The Kier molecular flexibility index (Phi) is 8.10. The van der Waals surface area contributed by atoms with E-state index in [0.717, 1.165) is 5.56 Å². The van der Waals surface area contributed by atoms with Gasteiger partial charge in [-0.25, -0.2) is 4.68 Å². The zero-order valence-electron chi connectivity index (χ0n) is 22.8. The predicted molar refractivity (Wildman–Crippen MR) is 153 cm³/mol. The predicted octanol–water partition coefficient (Wildman–Crippen LogP) is 5.31. The van der Waals surface area contributed by atoms with Gasteiger partial charge in [-0.05, 0) is 23.3 Å². The number of ketones is 2. The summed E-state index contributed by atoms with van der Waals surface area (Å²) in [7, 11) is 0. The van der Waals surface area contributed by atoms with Crippen LogP contribution in [0.2, 0.25) is 0 Å². The second kappa shape index (κ2) is 12.2. The lowest BCUT2D eigenvalue weighted by Gasteiger charge is -2.17. The number of carbonyl (C=O) groups is 4. The molecule has 5 rings (SSSR count). The number of nitrogens with zero attached hydrogens (tertiary/aromatic N) is 3. The standard InChI is InChI=1S/C33H25N3O6/c1-21(37)41-28-19-26(23-12-6-3-7-13-23)18-27(33(28)42-22(2)38)20-36-30(32(40)25-16-10-5-11-17-25)29(34-35-36)31(39)24-14-8-4-9-15-24/h3-19H,20H2,1-2H3. The first-order valence-corrected chi connectivity index (χ1v) is 13.0. The number of rotatable bonds is 9. The molecule has 0 aliphatic carbocycles. The molecule has 0 atom stereocenters. The largest absolute Gasteiger partial charge is 0.423 e. The fourth-order valence-electron chi connectivity index (χ4n) is 4.48. The molecule has 1 heterocycles. The van der Waals surface area contributed by atoms with E-state index in [1.54, 1.807) is 72.8 Å². The maximum Gasteiger partial charge on any atom is 0.308 e. The lowest BCUT2D eigenvalue weighted by Crippen LogP contribution is -2.17. The molecular formula is C33H25N3O6. The number of ether oxygens (including phenoxy) is 2. The molecule has 0 saturated heterocycles. The van der Waals surface area contributed by atoms with E-state index in [4.69, 9.17) is 9.47 Å². The van der Waals surface area contributed by atoms with Gasteiger partial charge in [0.1, 0.15) is 5.69 Å². The van der Waals surface area contributed by atoms with Crippen LogP contribution >= 0.6 is 0 Å². The highest BCUT2D eigenvalue weighted by Gasteiger charge is 2.28. The fraction of sp³-hybridized carbons (Fsp3) is 0.0909. The third kappa shape index (κ3) is 6.05. The number of carbonyl (C=O) groups excluding carboxylic acids is 4. The Morgan fingerprint density at radius 1 is 0.667 bits per heavy atom. The molecule has 0 N–H and O–H groups in total. The Labute approximate surface area is 241 Å². The van der Waals surface area contributed by atoms with Crippen molar-refractivity contribution in [2.75, 3.05) is 0 Å². The van der Waals surface area contributed by atoms with Crippen LogP contribution in [0.25, 0.3) is 11.1 Å². The first-order valence-electron chi connectivity index (χ1n) is 13.0. The Hall–Kier alpha value is -5.70. The van der Waals surface area contributed by atoms with Gasteiger partial charge in [0.2, 0.25) is 11.6 Å². The molecule has 0 aliphatic rings. The molecule has 5 aromatic rings. The molecule has 9 nitrogen and oxygen atoms in total. The number of benzene rings is 4. The summed E-state index contributed by atoms with van der Waals surface area (Å²) in [6, 6.07) is 29.6. The summed E-state index contributed by atoms with van der Waals surface area (Å²) in [4.78, 5) is 51.5. The molecule has 0 bridgehead atoms. The van der Waals surface area contributed by atoms with Crippen molar-refractivity contribution in [2.24, 2.45) is 0 Å². The first kappa shape index (κ1) is 27.9. The van der Waals surface area contributed by atoms with Crippen molar-refractivity contribution in [3.05, 3.63) is 131 Å². The highest BCUT2D eigenvalue weighted by Crippen LogP contribution is 2.38. The van der Waals surface area contributed by atoms with Crippen molar-refractivity contribution in [1.82, 2.24) is 15.0 Å². The smallest absolute Gasteiger partial charge is 0.308 e. The van der Waals surface area contributed by atoms with Crippen molar-refractivity contribution < 1.29 is 28.7 Å². The van der Waals surface area contributed by atoms with Gasteiger partial charge in [-0.3, -0.25) is 19.2 Å². The molecular weight excluding hydrogens is 534 g/mol. The van der Waals surface area contributed by atoms with E-state index < -0.39 is 23.5 Å². The van der Waals surface area contributed by atoms with E-state index >= 15 is 0 Å². The summed E-state index contributed by atoms with van der Waals surface area (Å²) in [6.45, 7) is 2.32. The monoisotopic (exact) mass is 559 g/mol. The van der Waals surface area contributed by atoms with Crippen LogP contribution in [-0.4, -0.2) is 38.5 Å². The van der Waals surface area contributed by atoms with Crippen LogP contribution in [0.4, 0.5) is 0 Å². The fourth-order valence-corrected chi connectivity index (χ4v) is 4.48. The number of hydrogen-bond donors (Lipinski definition) is 0. The number of aromatic nitrogens is 3. The Balaban J connectivity index is 1.69. The Morgan fingerprint density at radius 2 is 1.21 bits per heavy atom. The van der Waals surface area contributed by atoms with Gasteiger partial charge in [-0.2, -0.15) is 0 Å². The molecule has 0 saturated carbocycles. The normalized spacial score (nSPS) is 10.6. The van der Waals surface area contributed by atoms with Gasteiger partial charge in [0.25, 0.3) is 0 Å². The molecule has 0 spiro atoms. The van der Waals surface area contributed by atoms with E-state index in [2.05, 4.69) is 10.3 Å². The zero-order valence-corrected chi connectivity index (χ0v) is 22.8. The summed E-state index contributed by atoms with van der Waals surface area (Å²) in [5.41, 5.74) is 2.35. The average Bonchev–Trinajstić information content (AvgIpc) is 3.42. The average molecular weight is 560 g/mol. The van der Waals surface area contributed by atoms with Crippen LogP contribution in [0.1, 0.15) is 51.5 Å². The van der Waals surface area contributed by atoms with Crippen LogP contribution in [0.15, 0.2) is 103 Å². The summed E-state index contributed by atoms with van der Waals surface area (Å²) in [6.07, 6.45) is 0. The molecule has 4 aromatic carbocycles. The Morgan fingerprint density at radius 3 is 1.79 bits per heavy atom. The SMILES string of the molecule is CC(=O)Oc1cc(-c2ccccc2)cc(Cn2nnc(C(=O)c3ccccc3)c2C(=O)c2ccccc2)c1OC(C)=O. The lowest BCUT2D eigenvalue weighted by molar-refractivity contribution is -0.134. The lowest BCUT2D eigenvalue weighted by atomic mass is 10.00. The second-order valence-corrected chi connectivity index (χ2v) is 9.35. The van der Waals surface area contributed by atoms with E-state index in [9.17, 15) is 19.2 Å². The Bertz CT molecular complexity index is 1780. The van der Waals surface area contributed by atoms with Gasteiger partial charge in [-0.1, -0.05) is 96.2 Å². The van der Waals surface area contributed by atoms with E-state index in [1.807, 2.05) is 30.3 Å². The summed E-state index contributed by atoms with van der Waals surface area (Å²) in [5, 5.41) is 8.32. The van der Waals surface area contributed by atoms with Gasteiger partial charge in [0, 0.05) is 30.5 Å². The summed E-state index contributed by atoms with van der Waals surface area (Å²) in [5.74, 6) is -2.19. The van der Waals surface area contributed by atoms with Crippen LogP contribution in [0, 0.1) is 0 Å². The van der Waals surface area contributed by atoms with Crippen LogP contribution in [0.3, 0.4) is 0 Å². The first-order chi connectivity index (χ1) is 20.3. The van der Waals surface area contributed by atoms with Gasteiger partial charge in [0.05, 0.1) is 6.54 Å². The minimum Gasteiger partial charge on any atom is -0.423 e. The molecule has 42 heavy (non-hydrogen) atoms. The molecule has 0 amide bonds. The third-order valence-electron chi connectivity index (χ3n) is 6.30. The van der Waals surface area contributed by atoms with Crippen molar-refractivity contribution in [3.63, 3.8) is 0 Å². The molecule has 0 aliphatic heterocycles. The maximum absolute atomic E-state index is 13.8. The second-order valence-electron chi connectivity index (χ2n) is 9.35. The number of esters is 2. The highest BCUT2D eigenvalue weighted by molar-refractivity contribution is 6.17. The van der Waals surface area contributed by atoms with Gasteiger partial charge >= 0.3 is 11.9 Å². The number of hydrogen-bond acceptors (Lipinski definition) is 8. The summed E-state index contributed by atoms with van der Waals surface area (Å²) >= 11 is 0. The van der Waals surface area contributed by atoms with E-state index in [1.165, 1.54) is 18.5 Å². The van der Waals surface area contributed by atoms with Crippen molar-refractivity contribution in [2.45, 2.75) is 20.4 Å². The maximum atomic E-state index is 13.8. The van der Waals surface area contributed by atoms with Crippen molar-refractivity contribution >= 4 is 23.5 Å². The molecule has 208 valence electrons. The summed E-state index contributed by atoms with van der Waals surface area (Å²) < 4.78 is 12.3. The van der Waals surface area contributed by atoms with Gasteiger partial charge in [0.15, 0.2) is 17.2 Å². The topological polar surface area (TPSA) is 117 Å². The molecule has 0 radical (unpaired) electrons. The van der Waals surface area contributed by atoms with E-state index in [-0.39, 0.29) is 29.4 Å². The van der Waals surface area contributed by atoms with E-state index in [0.29, 0.717) is 22.3 Å². The van der Waals surface area contributed by atoms with Crippen LogP contribution < -0.4 is 9.47 Å². The third-order valence-corrected chi connectivity index (χ3v) is 6.30. The molecule has 9 heteroatoms. The minimum atomic E-state index is -0.642.